The van der Waals surface area contributed by atoms with Crippen LogP contribution in [-0.4, -0.2) is 22.2 Å². The van der Waals surface area contributed by atoms with Crippen molar-refractivity contribution >= 4 is 11.9 Å². The zero-order valence-electron chi connectivity index (χ0n) is 7.88. The molecule has 2 atom stereocenters. The van der Waals surface area contributed by atoms with Gasteiger partial charge in [-0.25, -0.2) is 0 Å². The van der Waals surface area contributed by atoms with Crippen LogP contribution in [0.25, 0.3) is 0 Å². The molecule has 1 aromatic carbocycles. The molecule has 0 saturated heterocycles. The Bertz CT molecular complexity index is 424. The normalized spacial score (nSPS) is 23.5. The first-order valence-electron chi connectivity index (χ1n) is 4.64. The molecule has 4 heteroatoms. The summed E-state index contributed by atoms with van der Waals surface area (Å²) in [6.45, 7) is 0. The lowest BCUT2D eigenvalue weighted by atomic mass is 9.93. The van der Waals surface area contributed by atoms with Gasteiger partial charge in [-0.05, 0) is 17.5 Å². The van der Waals surface area contributed by atoms with Crippen molar-refractivity contribution in [3.05, 3.63) is 35.4 Å². The van der Waals surface area contributed by atoms with Crippen molar-refractivity contribution in [1.82, 2.24) is 0 Å². The highest BCUT2D eigenvalue weighted by Gasteiger charge is 2.41. The van der Waals surface area contributed by atoms with Crippen molar-refractivity contribution in [3.63, 3.8) is 0 Å². The van der Waals surface area contributed by atoms with Crippen molar-refractivity contribution in [2.24, 2.45) is 5.92 Å². The van der Waals surface area contributed by atoms with Gasteiger partial charge in [-0.3, -0.25) is 9.59 Å². The third-order valence-electron chi connectivity index (χ3n) is 2.82. The topological polar surface area (TPSA) is 74.6 Å². The number of hydrogen-bond donors (Lipinski definition) is 2. The van der Waals surface area contributed by atoms with E-state index >= 15 is 0 Å². The second-order valence-corrected chi connectivity index (χ2v) is 3.66. The third kappa shape index (κ3) is 1.48. The van der Waals surface area contributed by atoms with Crippen molar-refractivity contribution in [2.45, 2.75) is 12.3 Å². The third-order valence-corrected chi connectivity index (χ3v) is 2.82. The molecule has 2 N–H and O–H groups in total. The van der Waals surface area contributed by atoms with Gasteiger partial charge in [0.1, 0.15) is 0 Å². The lowest BCUT2D eigenvalue weighted by Gasteiger charge is -2.11. The largest absolute Gasteiger partial charge is 0.481 e. The maximum atomic E-state index is 11.0. The Morgan fingerprint density at radius 2 is 1.80 bits per heavy atom. The summed E-state index contributed by atoms with van der Waals surface area (Å²) < 4.78 is 0. The first kappa shape index (κ1) is 9.71. The summed E-state index contributed by atoms with van der Waals surface area (Å²) in [4.78, 5) is 21.9. The monoisotopic (exact) mass is 206 g/mol. The van der Waals surface area contributed by atoms with Gasteiger partial charge in [0.25, 0.3) is 0 Å². The van der Waals surface area contributed by atoms with Crippen LogP contribution in [0.1, 0.15) is 17.0 Å². The van der Waals surface area contributed by atoms with E-state index in [1.807, 2.05) is 0 Å². The second-order valence-electron chi connectivity index (χ2n) is 3.66. The maximum absolute atomic E-state index is 11.0. The van der Waals surface area contributed by atoms with Crippen molar-refractivity contribution < 1.29 is 19.8 Å². The molecule has 2 rings (SSSR count). The van der Waals surface area contributed by atoms with E-state index < -0.39 is 23.8 Å². The zero-order valence-corrected chi connectivity index (χ0v) is 7.88. The van der Waals surface area contributed by atoms with Crippen LogP contribution in [0.5, 0.6) is 0 Å². The van der Waals surface area contributed by atoms with Crippen molar-refractivity contribution in [3.8, 4) is 0 Å². The summed E-state index contributed by atoms with van der Waals surface area (Å²) in [6, 6.07) is 7.01. The number of carboxylic acids is 2. The fraction of sp³-hybridized carbons (Fsp3) is 0.273. The smallest absolute Gasteiger partial charge is 0.311 e. The standard InChI is InChI=1S/C11H10O4/c12-10(13)8-5-6-3-1-2-4-7(6)9(8)11(14)15/h1-4,8-9H,5H2,(H,12,13)(H,14,15)/t8-,9+/m0/s1. The van der Waals surface area contributed by atoms with Gasteiger partial charge in [0.2, 0.25) is 0 Å². The van der Waals surface area contributed by atoms with E-state index in [0.29, 0.717) is 12.0 Å². The van der Waals surface area contributed by atoms with Crippen LogP contribution in [0.2, 0.25) is 0 Å². The van der Waals surface area contributed by atoms with Crippen molar-refractivity contribution in [2.75, 3.05) is 0 Å². The minimum atomic E-state index is -1.06. The lowest BCUT2D eigenvalue weighted by molar-refractivity contribution is -0.149. The fourth-order valence-electron chi connectivity index (χ4n) is 2.13. The number of rotatable bonds is 2. The van der Waals surface area contributed by atoms with Crippen LogP contribution in [0.3, 0.4) is 0 Å². The molecule has 1 aliphatic rings. The quantitative estimate of drug-likeness (QED) is 0.760. The Labute approximate surface area is 86.2 Å². The minimum Gasteiger partial charge on any atom is -0.481 e. The predicted molar refractivity (Wildman–Crippen MR) is 51.6 cm³/mol. The van der Waals surface area contributed by atoms with Crippen LogP contribution in [0, 0.1) is 5.92 Å². The van der Waals surface area contributed by atoms with Gasteiger partial charge >= 0.3 is 11.9 Å². The van der Waals surface area contributed by atoms with E-state index in [9.17, 15) is 9.59 Å². The summed E-state index contributed by atoms with van der Waals surface area (Å²) in [5, 5.41) is 18.0. The molecule has 78 valence electrons. The molecule has 0 aromatic heterocycles. The number of fused-ring (bicyclic) bond motifs is 1. The van der Waals surface area contributed by atoms with Gasteiger partial charge in [0, 0.05) is 0 Å². The van der Waals surface area contributed by atoms with Crippen LogP contribution in [0.4, 0.5) is 0 Å². The highest BCUT2D eigenvalue weighted by Crippen LogP contribution is 2.38. The Morgan fingerprint density at radius 1 is 1.13 bits per heavy atom. The Kier molecular flexibility index (Phi) is 2.19. The number of carboxylic acid groups (broad SMARTS) is 2. The SMILES string of the molecule is O=C(O)[C@H]1Cc2ccccc2[C@H]1C(=O)O. The molecule has 0 unspecified atom stereocenters. The molecule has 1 aliphatic carbocycles. The summed E-state index contributed by atoms with van der Waals surface area (Å²) in [5.74, 6) is -3.84. The zero-order chi connectivity index (χ0) is 11.0. The van der Waals surface area contributed by atoms with Gasteiger partial charge in [-0.2, -0.15) is 0 Å². The Hall–Kier alpha value is -1.84. The number of benzene rings is 1. The van der Waals surface area contributed by atoms with Gasteiger partial charge < -0.3 is 10.2 Å². The fourth-order valence-corrected chi connectivity index (χ4v) is 2.13. The molecule has 0 radical (unpaired) electrons. The average molecular weight is 206 g/mol. The highest BCUT2D eigenvalue weighted by molar-refractivity contribution is 5.86. The molecule has 1 aromatic rings. The molecule has 0 amide bonds. The lowest BCUT2D eigenvalue weighted by Crippen LogP contribution is -2.24. The Morgan fingerprint density at radius 3 is 2.40 bits per heavy atom. The maximum Gasteiger partial charge on any atom is 0.311 e. The van der Waals surface area contributed by atoms with E-state index in [0.717, 1.165) is 5.56 Å². The van der Waals surface area contributed by atoms with Gasteiger partial charge in [-0.15, -0.1) is 0 Å². The number of hydrogen-bond acceptors (Lipinski definition) is 2. The first-order valence-corrected chi connectivity index (χ1v) is 4.64. The van der Waals surface area contributed by atoms with E-state index in [1.165, 1.54) is 0 Å². The predicted octanol–water partition coefficient (Wildman–Crippen LogP) is 1.11. The van der Waals surface area contributed by atoms with Crippen LogP contribution < -0.4 is 0 Å². The molecular formula is C11H10O4. The molecule has 4 nitrogen and oxygen atoms in total. The van der Waals surface area contributed by atoms with Crippen molar-refractivity contribution in [1.29, 1.82) is 0 Å². The molecule has 0 bridgehead atoms. The summed E-state index contributed by atoms with van der Waals surface area (Å²) in [5.41, 5.74) is 1.47. The number of carbonyl (C=O) groups is 2. The molecule has 0 heterocycles. The minimum absolute atomic E-state index is 0.308. The van der Waals surface area contributed by atoms with E-state index in [2.05, 4.69) is 0 Å². The van der Waals surface area contributed by atoms with Gasteiger partial charge in [-0.1, -0.05) is 24.3 Å². The second kappa shape index (κ2) is 3.38. The summed E-state index contributed by atoms with van der Waals surface area (Å²) in [6.07, 6.45) is 0.308. The number of aliphatic carboxylic acids is 2. The molecule has 0 aliphatic heterocycles. The van der Waals surface area contributed by atoms with Crippen LogP contribution in [-0.2, 0) is 16.0 Å². The van der Waals surface area contributed by atoms with E-state index in [4.69, 9.17) is 10.2 Å². The highest BCUT2D eigenvalue weighted by atomic mass is 16.4. The first-order chi connectivity index (χ1) is 7.11. The van der Waals surface area contributed by atoms with Gasteiger partial charge in [0.05, 0.1) is 11.8 Å². The summed E-state index contributed by atoms with van der Waals surface area (Å²) in [7, 11) is 0. The van der Waals surface area contributed by atoms with Gasteiger partial charge in [0.15, 0.2) is 0 Å². The summed E-state index contributed by atoms with van der Waals surface area (Å²) >= 11 is 0. The average Bonchev–Trinajstić information content (AvgIpc) is 2.56. The molecule has 0 spiro atoms. The molecule has 15 heavy (non-hydrogen) atoms. The molecular weight excluding hydrogens is 196 g/mol. The van der Waals surface area contributed by atoms with E-state index in [-0.39, 0.29) is 0 Å². The van der Waals surface area contributed by atoms with E-state index in [1.54, 1.807) is 24.3 Å². The van der Waals surface area contributed by atoms with Crippen LogP contribution in [0.15, 0.2) is 24.3 Å². The molecule has 0 fully saturated rings. The molecule has 0 saturated carbocycles. The Balaban J connectivity index is 2.46. The van der Waals surface area contributed by atoms with Crippen LogP contribution >= 0.6 is 0 Å².